The van der Waals surface area contributed by atoms with Crippen molar-refractivity contribution in [3.05, 3.63) is 42.5 Å². The largest absolute Gasteiger partial charge is 0.282 e. The highest BCUT2D eigenvalue weighted by Gasteiger charge is 2.38. The van der Waals surface area contributed by atoms with Crippen molar-refractivity contribution in [1.29, 1.82) is 0 Å². The van der Waals surface area contributed by atoms with E-state index in [4.69, 9.17) is 0 Å². The van der Waals surface area contributed by atoms with Crippen molar-refractivity contribution >= 4 is 10.2 Å². The van der Waals surface area contributed by atoms with Gasteiger partial charge in [0, 0.05) is 26.7 Å². The SMILES string of the molecule is CN(C)S(=O)(=O)N(Cc1ccc(-n2cncn2)cc1)C1CC1. The van der Waals surface area contributed by atoms with Gasteiger partial charge in [-0.1, -0.05) is 12.1 Å². The fourth-order valence-corrected chi connectivity index (χ4v) is 3.57. The maximum absolute atomic E-state index is 12.4. The highest BCUT2D eigenvalue weighted by molar-refractivity contribution is 7.86. The molecule has 22 heavy (non-hydrogen) atoms. The predicted octanol–water partition coefficient (Wildman–Crippen LogP) is 1.04. The van der Waals surface area contributed by atoms with Crippen molar-refractivity contribution in [2.75, 3.05) is 14.1 Å². The second kappa shape index (κ2) is 5.79. The Morgan fingerprint density at radius 3 is 2.41 bits per heavy atom. The summed E-state index contributed by atoms with van der Waals surface area (Å²) in [6, 6.07) is 7.81. The smallest absolute Gasteiger partial charge is 0.223 e. The summed E-state index contributed by atoms with van der Waals surface area (Å²) < 4.78 is 29.3. The van der Waals surface area contributed by atoms with Gasteiger partial charge in [0.15, 0.2) is 0 Å². The molecule has 0 aliphatic heterocycles. The summed E-state index contributed by atoms with van der Waals surface area (Å²) in [5.74, 6) is 0. The normalized spacial score (nSPS) is 15.6. The first-order valence-electron chi connectivity index (χ1n) is 7.12. The van der Waals surface area contributed by atoms with Crippen LogP contribution in [0.1, 0.15) is 18.4 Å². The molecule has 1 aromatic carbocycles. The molecule has 0 spiro atoms. The standard InChI is InChI=1S/C14H19N5O2S/c1-17(2)22(20,21)19(14-7-8-14)9-12-3-5-13(6-4-12)18-11-15-10-16-18/h3-6,10-11,14H,7-9H2,1-2H3. The molecule has 1 fully saturated rings. The number of benzene rings is 1. The maximum Gasteiger partial charge on any atom is 0.282 e. The molecule has 0 amide bonds. The Morgan fingerprint density at radius 1 is 1.23 bits per heavy atom. The second-order valence-corrected chi connectivity index (χ2v) is 7.67. The topological polar surface area (TPSA) is 71.3 Å². The fraction of sp³-hybridized carbons (Fsp3) is 0.429. The van der Waals surface area contributed by atoms with E-state index >= 15 is 0 Å². The van der Waals surface area contributed by atoms with Gasteiger partial charge in [0.25, 0.3) is 10.2 Å². The Kier molecular flexibility index (Phi) is 3.98. The van der Waals surface area contributed by atoms with Gasteiger partial charge in [0.2, 0.25) is 0 Å². The zero-order valence-electron chi connectivity index (χ0n) is 12.6. The van der Waals surface area contributed by atoms with Crippen molar-refractivity contribution in [3.8, 4) is 5.69 Å². The van der Waals surface area contributed by atoms with Crippen LogP contribution in [0.25, 0.3) is 5.69 Å². The van der Waals surface area contributed by atoms with E-state index in [2.05, 4.69) is 10.1 Å². The third kappa shape index (κ3) is 3.03. The molecule has 8 heteroatoms. The van der Waals surface area contributed by atoms with Gasteiger partial charge in [-0.25, -0.2) is 9.67 Å². The van der Waals surface area contributed by atoms with Crippen molar-refractivity contribution in [2.45, 2.75) is 25.4 Å². The molecule has 0 N–H and O–H groups in total. The molecular weight excluding hydrogens is 302 g/mol. The summed E-state index contributed by atoms with van der Waals surface area (Å²) in [4.78, 5) is 3.91. The average molecular weight is 321 g/mol. The summed E-state index contributed by atoms with van der Waals surface area (Å²) in [5, 5.41) is 4.07. The molecule has 2 aromatic rings. The van der Waals surface area contributed by atoms with E-state index in [1.54, 1.807) is 29.4 Å². The Bertz CT molecular complexity index is 721. The zero-order chi connectivity index (χ0) is 15.7. The molecule has 0 radical (unpaired) electrons. The number of hydrogen-bond donors (Lipinski definition) is 0. The van der Waals surface area contributed by atoms with Crippen LogP contribution in [0.15, 0.2) is 36.9 Å². The summed E-state index contributed by atoms with van der Waals surface area (Å²) >= 11 is 0. The van der Waals surface area contributed by atoms with E-state index in [9.17, 15) is 8.42 Å². The first kappa shape index (κ1) is 15.1. The first-order chi connectivity index (χ1) is 10.5. The minimum absolute atomic E-state index is 0.127. The molecule has 1 saturated carbocycles. The predicted molar refractivity (Wildman–Crippen MR) is 82.5 cm³/mol. The summed E-state index contributed by atoms with van der Waals surface area (Å²) in [5.41, 5.74) is 1.86. The van der Waals surface area contributed by atoms with E-state index in [1.807, 2.05) is 24.3 Å². The lowest BCUT2D eigenvalue weighted by Gasteiger charge is -2.25. The van der Waals surface area contributed by atoms with Crippen molar-refractivity contribution in [1.82, 2.24) is 23.4 Å². The Labute approximate surface area is 130 Å². The van der Waals surface area contributed by atoms with Crippen molar-refractivity contribution in [3.63, 3.8) is 0 Å². The molecule has 1 aromatic heterocycles. The van der Waals surface area contributed by atoms with Gasteiger partial charge in [-0.15, -0.1) is 0 Å². The molecular formula is C14H19N5O2S. The van der Waals surface area contributed by atoms with Gasteiger partial charge in [0.1, 0.15) is 12.7 Å². The van der Waals surface area contributed by atoms with Crippen LogP contribution in [0.3, 0.4) is 0 Å². The van der Waals surface area contributed by atoms with E-state index in [0.717, 1.165) is 24.1 Å². The molecule has 1 aliphatic carbocycles. The van der Waals surface area contributed by atoms with Crippen LogP contribution < -0.4 is 0 Å². The second-order valence-electron chi connectivity index (χ2n) is 5.57. The van der Waals surface area contributed by atoms with Gasteiger partial charge in [-0.3, -0.25) is 0 Å². The van der Waals surface area contributed by atoms with Crippen LogP contribution in [-0.4, -0.2) is 51.9 Å². The lowest BCUT2D eigenvalue weighted by atomic mass is 10.2. The highest BCUT2D eigenvalue weighted by Crippen LogP contribution is 2.31. The number of aromatic nitrogens is 3. The van der Waals surface area contributed by atoms with E-state index < -0.39 is 10.2 Å². The van der Waals surface area contributed by atoms with Gasteiger partial charge in [-0.2, -0.15) is 22.1 Å². The van der Waals surface area contributed by atoms with Crippen LogP contribution in [0, 0.1) is 0 Å². The van der Waals surface area contributed by atoms with Crippen LogP contribution >= 0.6 is 0 Å². The van der Waals surface area contributed by atoms with Crippen LogP contribution in [-0.2, 0) is 16.8 Å². The van der Waals surface area contributed by atoms with Crippen molar-refractivity contribution in [2.24, 2.45) is 0 Å². The highest BCUT2D eigenvalue weighted by atomic mass is 32.2. The monoisotopic (exact) mass is 321 g/mol. The van der Waals surface area contributed by atoms with Crippen molar-refractivity contribution < 1.29 is 8.42 Å². The Hall–Kier alpha value is -1.77. The first-order valence-corrected chi connectivity index (χ1v) is 8.51. The Morgan fingerprint density at radius 2 is 1.91 bits per heavy atom. The zero-order valence-corrected chi connectivity index (χ0v) is 13.4. The molecule has 7 nitrogen and oxygen atoms in total. The molecule has 0 saturated heterocycles. The van der Waals surface area contributed by atoms with Crippen LogP contribution in [0.4, 0.5) is 0 Å². The van der Waals surface area contributed by atoms with Gasteiger partial charge < -0.3 is 0 Å². The maximum atomic E-state index is 12.4. The minimum Gasteiger partial charge on any atom is -0.223 e. The van der Waals surface area contributed by atoms with Gasteiger partial charge in [0.05, 0.1) is 5.69 Å². The third-order valence-electron chi connectivity index (χ3n) is 3.67. The van der Waals surface area contributed by atoms with Crippen LogP contribution in [0.5, 0.6) is 0 Å². The quantitative estimate of drug-likeness (QED) is 0.797. The number of rotatable bonds is 6. The molecule has 118 valence electrons. The minimum atomic E-state index is -3.39. The number of hydrogen-bond acceptors (Lipinski definition) is 4. The molecule has 0 bridgehead atoms. The number of nitrogens with zero attached hydrogens (tertiary/aromatic N) is 5. The molecule has 0 atom stereocenters. The lowest BCUT2D eigenvalue weighted by molar-refractivity contribution is 0.363. The van der Waals surface area contributed by atoms with E-state index in [-0.39, 0.29) is 6.04 Å². The Balaban J connectivity index is 1.79. The molecule has 0 unspecified atom stereocenters. The van der Waals surface area contributed by atoms with Gasteiger partial charge in [-0.05, 0) is 30.5 Å². The van der Waals surface area contributed by atoms with E-state index in [1.165, 1.54) is 10.6 Å². The van der Waals surface area contributed by atoms with Crippen LogP contribution in [0.2, 0.25) is 0 Å². The summed E-state index contributed by atoms with van der Waals surface area (Å²) in [6.07, 6.45) is 4.97. The van der Waals surface area contributed by atoms with Gasteiger partial charge >= 0.3 is 0 Å². The molecule has 1 aliphatic rings. The summed E-state index contributed by atoms with van der Waals surface area (Å²) in [7, 11) is -0.252. The molecule has 1 heterocycles. The van der Waals surface area contributed by atoms with E-state index in [0.29, 0.717) is 6.54 Å². The third-order valence-corrected chi connectivity index (χ3v) is 5.61. The molecule has 3 rings (SSSR count). The summed E-state index contributed by atoms with van der Waals surface area (Å²) in [6.45, 7) is 0.392. The lowest BCUT2D eigenvalue weighted by Crippen LogP contribution is -2.40. The average Bonchev–Trinajstić information content (AvgIpc) is 3.18. The fourth-order valence-electron chi connectivity index (χ4n) is 2.25.